The molecule has 50 valence electrons. The second-order valence-corrected chi connectivity index (χ2v) is 1.52. The Morgan fingerprint density at radius 1 is 1.50 bits per heavy atom. The van der Waals surface area contributed by atoms with Gasteiger partial charge in [0.15, 0.2) is 0 Å². The molecule has 4 heteroatoms. The van der Waals surface area contributed by atoms with Crippen LogP contribution >= 0.6 is 0 Å². The van der Waals surface area contributed by atoms with Crippen LogP contribution in [-0.4, -0.2) is 53.8 Å². The molecule has 0 aliphatic carbocycles. The maximum atomic E-state index is 10.1. The van der Waals surface area contributed by atoms with Gasteiger partial charge in [0.1, 0.15) is 5.69 Å². The summed E-state index contributed by atoms with van der Waals surface area (Å²) in [4.78, 5) is 13.7. The molecule has 1 aromatic rings. The zero-order chi connectivity index (χ0) is 6.69. The van der Waals surface area contributed by atoms with Crippen molar-refractivity contribution in [1.29, 1.82) is 0 Å². The second kappa shape index (κ2) is 4.66. The first kappa shape index (κ1) is 9.88. The third-order valence-corrected chi connectivity index (χ3v) is 0.884. The Morgan fingerprint density at radius 2 is 2.20 bits per heavy atom. The monoisotopic (exact) mass is 165 g/mol. The van der Waals surface area contributed by atoms with Crippen LogP contribution in [0.4, 0.5) is 0 Å². The van der Waals surface area contributed by atoms with Crippen molar-refractivity contribution in [2.75, 3.05) is 0 Å². The molecule has 10 heavy (non-hydrogen) atoms. The third-order valence-electron chi connectivity index (χ3n) is 0.884. The van der Waals surface area contributed by atoms with Crippen LogP contribution in [-0.2, 0) is 0 Å². The molecular weight excluding hydrogens is 158 g/mol. The first-order chi connectivity index (χ1) is 4.30. The Morgan fingerprint density at radius 3 is 2.50 bits per heavy atom. The molecule has 0 aliphatic rings. The molecule has 0 amide bonds. The molecule has 0 saturated carbocycles. The molecule has 1 rings (SSSR count). The van der Waals surface area contributed by atoms with Gasteiger partial charge in [0.05, 0.1) is 0 Å². The summed E-state index contributed by atoms with van der Waals surface area (Å²) in [6, 6.07) is 4.76. The average molecular weight is 165 g/mol. The van der Waals surface area contributed by atoms with E-state index in [1.54, 1.807) is 12.1 Å². The van der Waals surface area contributed by atoms with Gasteiger partial charge < -0.3 is 5.11 Å². The zero-order valence-electron chi connectivity index (χ0n) is 4.61. The average Bonchev–Trinajstić information content (AvgIpc) is 1.90. The zero-order valence-corrected chi connectivity index (χ0v) is 4.61. The van der Waals surface area contributed by atoms with Gasteiger partial charge in [-0.1, -0.05) is 6.07 Å². The van der Waals surface area contributed by atoms with Crippen molar-refractivity contribution in [1.82, 2.24) is 4.98 Å². The van der Waals surface area contributed by atoms with Gasteiger partial charge in [-0.25, -0.2) is 9.78 Å². The molecule has 1 N–H and O–H groups in total. The molecule has 0 unspecified atom stereocenters. The predicted molar refractivity (Wildman–Crippen MR) is 39.7 cm³/mol. The number of hydrogen-bond donors (Lipinski definition) is 1. The number of nitrogens with zero attached hydrogens (tertiary/aromatic N) is 1. The maximum absolute atomic E-state index is 10.1. The predicted octanol–water partition coefficient (Wildman–Crippen LogP) is -0.136. The molecule has 0 saturated heterocycles. The van der Waals surface area contributed by atoms with E-state index in [2.05, 4.69) is 4.98 Å². The van der Waals surface area contributed by atoms with Gasteiger partial charge in [0, 0.05) is 6.20 Å². The SMILES string of the molecule is O=C(O)c1ccccn1.[CaH2]. The van der Waals surface area contributed by atoms with Crippen molar-refractivity contribution in [2.24, 2.45) is 0 Å². The summed E-state index contributed by atoms with van der Waals surface area (Å²) in [7, 11) is 0. The summed E-state index contributed by atoms with van der Waals surface area (Å²) in [6.45, 7) is 0. The van der Waals surface area contributed by atoms with Crippen LogP contribution in [0.15, 0.2) is 24.4 Å². The van der Waals surface area contributed by atoms with E-state index in [0.29, 0.717) is 0 Å². The summed E-state index contributed by atoms with van der Waals surface area (Å²) in [5.41, 5.74) is 0.0810. The fraction of sp³-hybridized carbons (Fsp3) is 0. The topological polar surface area (TPSA) is 50.2 Å². The molecule has 0 radical (unpaired) electrons. The molecule has 3 nitrogen and oxygen atoms in total. The van der Waals surface area contributed by atoms with Crippen LogP contribution in [0, 0.1) is 0 Å². The van der Waals surface area contributed by atoms with Crippen LogP contribution in [0.3, 0.4) is 0 Å². The standard InChI is InChI=1S/C6H5NO2.Ca.2H/c8-6(9)5-3-1-2-4-7-5;;;/h1-4H,(H,8,9);;;. The number of carbonyl (C=O) groups is 1. The molecule has 1 heterocycles. The molecule has 0 bridgehead atoms. The van der Waals surface area contributed by atoms with Crippen molar-refractivity contribution < 1.29 is 9.90 Å². The second-order valence-electron chi connectivity index (χ2n) is 1.52. The minimum atomic E-state index is -0.990. The van der Waals surface area contributed by atoms with Crippen LogP contribution in [0.25, 0.3) is 0 Å². The molecule has 0 fully saturated rings. The van der Waals surface area contributed by atoms with Gasteiger partial charge in [-0.2, -0.15) is 0 Å². The Kier molecular flexibility index (Phi) is 4.60. The van der Waals surface area contributed by atoms with E-state index < -0.39 is 5.97 Å². The Balaban J connectivity index is 0.000000810. The fourth-order valence-electron chi connectivity index (χ4n) is 0.489. The Hall–Kier alpha value is -0.120. The normalized spacial score (nSPS) is 8.00. The van der Waals surface area contributed by atoms with Crippen molar-refractivity contribution in [3.05, 3.63) is 30.1 Å². The first-order valence-corrected chi connectivity index (χ1v) is 2.45. The van der Waals surface area contributed by atoms with Crippen molar-refractivity contribution in [2.45, 2.75) is 0 Å². The van der Waals surface area contributed by atoms with E-state index in [4.69, 9.17) is 5.11 Å². The van der Waals surface area contributed by atoms with Gasteiger partial charge in [0.25, 0.3) is 0 Å². The van der Waals surface area contributed by atoms with Crippen LogP contribution in [0.2, 0.25) is 0 Å². The van der Waals surface area contributed by atoms with Gasteiger partial charge in [0.2, 0.25) is 0 Å². The third kappa shape index (κ3) is 2.64. The number of carboxylic acid groups (broad SMARTS) is 1. The van der Waals surface area contributed by atoms with E-state index >= 15 is 0 Å². The summed E-state index contributed by atoms with van der Waals surface area (Å²) >= 11 is 0. The van der Waals surface area contributed by atoms with Crippen LogP contribution < -0.4 is 0 Å². The van der Waals surface area contributed by atoms with Gasteiger partial charge in [-0.05, 0) is 12.1 Å². The van der Waals surface area contributed by atoms with Gasteiger partial charge in [-0.3, -0.25) is 0 Å². The first-order valence-electron chi connectivity index (χ1n) is 2.45. The van der Waals surface area contributed by atoms with Gasteiger partial charge in [-0.15, -0.1) is 0 Å². The number of aromatic carboxylic acids is 1. The summed E-state index contributed by atoms with van der Waals surface area (Å²) in [5, 5.41) is 8.32. The molecule has 0 spiro atoms. The summed E-state index contributed by atoms with van der Waals surface area (Å²) in [6.07, 6.45) is 1.45. The van der Waals surface area contributed by atoms with Crippen molar-refractivity contribution in [3.8, 4) is 0 Å². The van der Waals surface area contributed by atoms with E-state index in [1.165, 1.54) is 12.3 Å². The molecule has 1 aromatic heterocycles. The number of carboxylic acids is 1. The van der Waals surface area contributed by atoms with Crippen molar-refractivity contribution in [3.63, 3.8) is 0 Å². The van der Waals surface area contributed by atoms with Gasteiger partial charge >= 0.3 is 43.7 Å². The molecule has 0 atom stereocenters. The number of rotatable bonds is 1. The number of pyridine rings is 1. The molecule has 0 aliphatic heterocycles. The molecular formula is C6H7CaNO2. The minimum absolute atomic E-state index is 0. The Labute approximate surface area is 88.1 Å². The summed E-state index contributed by atoms with van der Waals surface area (Å²) in [5.74, 6) is -0.990. The van der Waals surface area contributed by atoms with E-state index in [-0.39, 0.29) is 43.4 Å². The van der Waals surface area contributed by atoms with E-state index in [1.807, 2.05) is 0 Å². The fourth-order valence-corrected chi connectivity index (χ4v) is 0.489. The number of hydrogen-bond acceptors (Lipinski definition) is 2. The quantitative estimate of drug-likeness (QED) is 0.589. The molecule has 0 aromatic carbocycles. The summed E-state index contributed by atoms with van der Waals surface area (Å²) < 4.78 is 0. The van der Waals surface area contributed by atoms with Crippen LogP contribution in [0.1, 0.15) is 10.5 Å². The van der Waals surface area contributed by atoms with E-state index in [9.17, 15) is 4.79 Å². The Bertz CT molecular complexity index is 212. The van der Waals surface area contributed by atoms with Crippen molar-refractivity contribution >= 4 is 43.7 Å². The number of aromatic nitrogens is 1. The van der Waals surface area contributed by atoms with Crippen LogP contribution in [0.5, 0.6) is 0 Å². The van der Waals surface area contributed by atoms with E-state index in [0.717, 1.165) is 0 Å².